The molecule has 0 spiro atoms. The van der Waals surface area contributed by atoms with Crippen LogP contribution in [0.5, 0.6) is 0 Å². The van der Waals surface area contributed by atoms with Gasteiger partial charge in [0.2, 0.25) is 0 Å². The SMILES string of the molecule is CC(=O)OP(c1ccccc1C)(c1ccccc1C)(c1ccccc1C)c1c(C)c(-c2ccccc2C)c(-c2ccccc2C)c(-c2ccccc2C)c1-c1ccccc1C. The molecule has 0 aliphatic carbocycles. The van der Waals surface area contributed by atoms with Crippen LogP contribution in [0.4, 0.5) is 0 Å². The van der Waals surface area contributed by atoms with Gasteiger partial charge >= 0.3 is 365 Å². The third-order valence-corrected chi connectivity index (χ3v) is 19.1. The number of carbonyl (C=O) groups is 1. The molecule has 0 radical (unpaired) electrons. The predicted molar refractivity (Wildman–Crippen MR) is 263 cm³/mol. The van der Waals surface area contributed by atoms with Gasteiger partial charge in [-0.15, -0.1) is 0 Å². The summed E-state index contributed by atoms with van der Waals surface area (Å²) in [4.78, 5) is 14.9. The van der Waals surface area contributed by atoms with E-state index in [1.54, 1.807) is 6.92 Å². The van der Waals surface area contributed by atoms with Crippen LogP contribution in [0.25, 0.3) is 44.5 Å². The van der Waals surface area contributed by atoms with Gasteiger partial charge in [0, 0.05) is 0 Å². The molecule has 8 rings (SSSR count). The average Bonchev–Trinajstić information content (AvgIpc) is 3.24. The van der Waals surface area contributed by atoms with Crippen LogP contribution in [0, 0.1) is 55.4 Å². The molecule has 0 heterocycles. The van der Waals surface area contributed by atoms with Crippen molar-refractivity contribution >= 4 is 34.0 Å². The summed E-state index contributed by atoms with van der Waals surface area (Å²) in [6.45, 7) is 14.6. The average molecular weight is 815 g/mol. The Hall–Kier alpha value is -6.34. The maximum absolute atomic E-state index is 14.9. The molecule has 2 nitrogen and oxygen atoms in total. The van der Waals surface area contributed by atoms with Crippen molar-refractivity contribution in [3.63, 3.8) is 0 Å². The molecular weight excluding hydrogens is 760 g/mol. The zero-order chi connectivity index (χ0) is 43.1. The summed E-state index contributed by atoms with van der Waals surface area (Å²) in [5.41, 5.74) is 17.9. The molecular formula is C58H55O2P. The molecule has 0 fully saturated rings. The van der Waals surface area contributed by atoms with Crippen LogP contribution in [-0.4, -0.2) is 5.97 Å². The molecule has 8 aromatic carbocycles. The standard InChI is InChI=1S/C58H55O2P/c1-38-24-10-17-31-47(38)54-45(8)58(57(50-34-20-13-27-41(50)4)56(49-33-19-12-26-40(49)3)55(54)48-32-18-11-25-39(48)2)61(60-46(9)59,51-35-21-14-28-42(51)5,52-36-22-15-29-43(52)6)53-37-23-16-30-44(53)7/h10-37H,1-9H3. The predicted octanol–water partition coefficient (Wildman–Crippen LogP) is 13.5. The van der Waals surface area contributed by atoms with Gasteiger partial charge in [-0.2, -0.15) is 0 Å². The monoisotopic (exact) mass is 814 g/mol. The molecule has 61 heavy (non-hydrogen) atoms. The van der Waals surface area contributed by atoms with Crippen LogP contribution in [0.15, 0.2) is 170 Å². The van der Waals surface area contributed by atoms with Gasteiger partial charge in [-0.05, 0) is 0 Å². The zero-order valence-electron chi connectivity index (χ0n) is 36.9. The summed E-state index contributed by atoms with van der Waals surface area (Å²) < 4.78 is 7.90. The molecule has 0 atom stereocenters. The van der Waals surface area contributed by atoms with Crippen LogP contribution in [0.1, 0.15) is 51.4 Å². The summed E-state index contributed by atoms with van der Waals surface area (Å²) in [6.07, 6.45) is 0. The fourth-order valence-electron chi connectivity index (χ4n) is 10.3. The molecule has 304 valence electrons. The van der Waals surface area contributed by atoms with Gasteiger partial charge in [0.15, 0.2) is 0 Å². The Morgan fingerprint density at radius 3 is 0.918 bits per heavy atom. The summed E-state index contributed by atoms with van der Waals surface area (Å²) in [5, 5.41) is 4.09. The van der Waals surface area contributed by atoms with E-state index in [1.807, 2.05) is 0 Å². The van der Waals surface area contributed by atoms with Crippen molar-refractivity contribution in [1.82, 2.24) is 0 Å². The third-order valence-electron chi connectivity index (χ3n) is 12.8. The van der Waals surface area contributed by atoms with Crippen LogP contribution in [0.2, 0.25) is 0 Å². The van der Waals surface area contributed by atoms with Crippen molar-refractivity contribution in [3.05, 3.63) is 214 Å². The number of carbonyl (C=O) groups excluding carboxylic acids is 1. The van der Waals surface area contributed by atoms with E-state index in [0.717, 1.165) is 88.0 Å². The molecule has 0 N–H and O–H groups in total. The van der Waals surface area contributed by atoms with Gasteiger partial charge < -0.3 is 0 Å². The number of hydrogen-bond donors (Lipinski definition) is 0. The Bertz CT molecular complexity index is 2870. The number of benzene rings is 8. The Labute approximate surface area is 363 Å². The molecule has 8 aromatic rings. The molecule has 0 saturated carbocycles. The van der Waals surface area contributed by atoms with Crippen molar-refractivity contribution in [2.45, 2.75) is 62.3 Å². The van der Waals surface area contributed by atoms with E-state index in [4.69, 9.17) is 4.52 Å². The van der Waals surface area contributed by atoms with Crippen molar-refractivity contribution in [2.24, 2.45) is 0 Å². The van der Waals surface area contributed by atoms with Gasteiger partial charge in [0.05, 0.1) is 0 Å². The number of aryl methyl sites for hydroxylation is 7. The van der Waals surface area contributed by atoms with Crippen LogP contribution in [0.3, 0.4) is 0 Å². The Morgan fingerprint density at radius 2 is 0.607 bits per heavy atom. The first kappa shape index (κ1) is 41.4. The van der Waals surface area contributed by atoms with Gasteiger partial charge in [-0.3, -0.25) is 0 Å². The Balaban J connectivity index is 1.90. The Morgan fingerprint density at radius 1 is 0.344 bits per heavy atom. The first-order valence-corrected chi connectivity index (χ1v) is 23.4. The first-order valence-electron chi connectivity index (χ1n) is 21.3. The molecule has 0 aliphatic heterocycles. The van der Waals surface area contributed by atoms with Crippen molar-refractivity contribution in [1.29, 1.82) is 0 Å². The fraction of sp³-hybridized carbons (Fsp3) is 0.155. The molecule has 3 heteroatoms. The Kier molecular flexibility index (Phi) is 11.0. The third kappa shape index (κ3) is 6.48. The summed E-state index contributed by atoms with van der Waals surface area (Å²) in [5.74, 6) is -0.333. The van der Waals surface area contributed by atoms with E-state index in [-0.39, 0.29) is 5.97 Å². The fourth-order valence-corrected chi connectivity index (χ4v) is 17.4. The van der Waals surface area contributed by atoms with E-state index >= 15 is 0 Å². The first-order chi connectivity index (χ1) is 29.4. The van der Waals surface area contributed by atoms with E-state index in [0.29, 0.717) is 0 Å². The zero-order valence-corrected chi connectivity index (χ0v) is 37.8. The van der Waals surface area contributed by atoms with Crippen LogP contribution < -0.4 is 21.2 Å². The van der Waals surface area contributed by atoms with Crippen molar-refractivity contribution in [3.8, 4) is 44.5 Å². The molecule has 0 aliphatic rings. The second-order valence-corrected chi connectivity index (χ2v) is 20.9. The number of rotatable bonds is 9. The van der Waals surface area contributed by atoms with Crippen LogP contribution >= 0.6 is 6.83 Å². The molecule has 0 bridgehead atoms. The van der Waals surface area contributed by atoms with E-state index in [2.05, 4.69) is 225 Å². The minimum absolute atomic E-state index is 0.333. The topological polar surface area (TPSA) is 26.3 Å². The normalized spacial score (nSPS) is 12.1. The number of hydrogen-bond acceptors (Lipinski definition) is 2. The second kappa shape index (κ2) is 16.3. The van der Waals surface area contributed by atoms with Gasteiger partial charge in [0.1, 0.15) is 0 Å². The molecule has 0 amide bonds. The van der Waals surface area contributed by atoms with E-state index in [1.165, 1.54) is 22.3 Å². The second-order valence-electron chi connectivity index (χ2n) is 16.7. The maximum atomic E-state index is 14.9. The van der Waals surface area contributed by atoms with E-state index < -0.39 is 6.83 Å². The van der Waals surface area contributed by atoms with Crippen LogP contribution in [-0.2, 0) is 9.32 Å². The summed E-state index contributed by atoms with van der Waals surface area (Å²) >= 11 is 0. The van der Waals surface area contributed by atoms with E-state index in [9.17, 15) is 4.79 Å². The van der Waals surface area contributed by atoms with Gasteiger partial charge in [0.25, 0.3) is 0 Å². The minimum atomic E-state index is -4.76. The quantitative estimate of drug-likeness (QED) is 0.136. The summed E-state index contributed by atoms with van der Waals surface area (Å²) in [7, 11) is 0. The molecule has 0 saturated heterocycles. The molecule has 0 aromatic heterocycles. The van der Waals surface area contributed by atoms with Crippen molar-refractivity contribution < 1.29 is 9.32 Å². The van der Waals surface area contributed by atoms with Gasteiger partial charge in [-0.1, -0.05) is 0 Å². The van der Waals surface area contributed by atoms with Crippen molar-refractivity contribution in [2.75, 3.05) is 0 Å². The van der Waals surface area contributed by atoms with Gasteiger partial charge in [-0.25, -0.2) is 0 Å². The summed E-state index contributed by atoms with van der Waals surface area (Å²) in [6, 6.07) is 61.1. The molecule has 0 unspecified atom stereocenters.